The number of rotatable bonds is 9. The molecule has 0 radical (unpaired) electrons. The molecular formula is C17H23N3O4S. The molecule has 0 aromatic carbocycles. The summed E-state index contributed by atoms with van der Waals surface area (Å²) in [4.78, 5) is 25.5. The summed E-state index contributed by atoms with van der Waals surface area (Å²) in [6.45, 7) is 5.01. The van der Waals surface area contributed by atoms with E-state index in [4.69, 9.17) is 4.42 Å². The largest absolute Gasteiger partial charge is 0.469 e. The number of hydrogen-bond acceptors (Lipinski definition) is 7. The summed E-state index contributed by atoms with van der Waals surface area (Å²) in [5, 5.41) is 11.9. The summed E-state index contributed by atoms with van der Waals surface area (Å²) in [6, 6.07) is 1.91. The SMILES string of the molecule is COC(=O)CCN(CC(C)C)C(=O)CCc1nnc(-c2ccsc2)o1. The Hall–Kier alpha value is -2.22. The van der Waals surface area contributed by atoms with E-state index in [0.717, 1.165) is 5.56 Å². The monoisotopic (exact) mass is 365 g/mol. The molecular weight excluding hydrogens is 342 g/mol. The number of esters is 1. The van der Waals surface area contributed by atoms with Crippen LogP contribution in [0.1, 0.15) is 32.6 Å². The Morgan fingerprint density at radius 3 is 2.76 bits per heavy atom. The average molecular weight is 365 g/mol. The van der Waals surface area contributed by atoms with Crippen molar-refractivity contribution in [2.45, 2.75) is 33.1 Å². The van der Waals surface area contributed by atoms with Crippen LogP contribution in [0.3, 0.4) is 0 Å². The Morgan fingerprint density at radius 2 is 2.12 bits per heavy atom. The van der Waals surface area contributed by atoms with Crippen LogP contribution in [0.4, 0.5) is 0 Å². The molecule has 136 valence electrons. The predicted molar refractivity (Wildman–Crippen MR) is 94.0 cm³/mol. The molecule has 0 atom stereocenters. The molecule has 0 saturated heterocycles. The van der Waals surface area contributed by atoms with Gasteiger partial charge in [0.1, 0.15) is 0 Å². The molecule has 7 nitrogen and oxygen atoms in total. The van der Waals surface area contributed by atoms with Crippen molar-refractivity contribution < 1.29 is 18.7 Å². The molecule has 8 heteroatoms. The summed E-state index contributed by atoms with van der Waals surface area (Å²) in [6.07, 6.45) is 0.833. The van der Waals surface area contributed by atoms with Crippen molar-refractivity contribution in [3.63, 3.8) is 0 Å². The van der Waals surface area contributed by atoms with Crippen molar-refractivity contribution in [3.8, 4) is 11.5 Å². The van der Waals surface area contributed by atoms with Gasteiger partial charge in [-0.1, -0.05) is 13.8 Å². The number of thiophene rings is 1. The third kappa shape index (κ3) is 5.97. The first-order valence-corrected chi connectivity index (χ1v) is 9.13. The lowest BCUT2D eigenvalue weighted by Crippen LogP contribution is -2.36. The molecule has 1 amide bonds. The molecule has 0 spiro atoms. The second-order valence-electron chi connectivity index (χ2n) is 6.07. The molecule has 0 aliphatic heterocycles. The Balaban J connectivity index is 1.90. The molecule has 0 bridgehead atoms. The smallest absolute Gasteiger partial charge is 0.307 e. The number of nitrogens with zero attached hydrogens (tertiary/aromatic N) is 3. The average Bonchev–Trinajstić information content (AvgIpc) is 3.26. The van der Waals surface area contributed by atoms with E-state index in [1.54, 1.807) is 16.2 Å². The van der Waals surface area contributed by atoms with E-state index < -0.39 is 0 Å². The van der Waals surface area contributed by atoms with Crippen molar-refractivity contribution in [1.82, 2.24) is 15.1 Å². The molecule has 0 aliphatic rings. The topological polar surface area (TPSA) is 85.5 Å². The van der Waals surface area contributed by atoms with Crippen LogP contribution in [0, 0.1) is 5.92 Å². The first-order chi connectivity index (χ1) is 12.0. The number of methoxy groups -OCH3 is 1. The van der Waals surface area contributed by atoms with Crippen LogP contribution in [-0.4, -0.2) is 47.2 Å². The number of amides is 1. The minimum atomic E-state index is -0.320. The zero-order valence-corrected chi connectivity index (χ0v) is 15.5. The Kier molecular flexibility index (Phi) is 7.12. The second kappa shape index (κ2) is 9.31. The molecule has 2 rings (SSSR count). The second-order valence-corrected chi connectivity index (χ2v) is 6.85. The summed E-state index contributed by atoms with van der Waals surface area (Å²) in [5.41, 5.74) is 0.884. The molecule has 2 aromatic rings. The number of ether oxygens (including phenoxy) is 1. The predicted octanol–water partition coefficient (Wildman–Crippen LogP) is 2.78. The summed E-state index contributed by atoms with van der Waals surface area (Å²) in [5.74, 6) is 0.863. The zero-order chi connectivity index (χ0) is 18.2. The van der Waals surface area contributed by atoms with Crippen LogP contribution in [0.15, 0.2) is 21.2 Å². The number of hydrogen-bond donors (Lipinski definition) is 0. The highest BCUT2D eigenvalue weighted by Gasteiger charge is 2.18. The van der Waals surface area contributed by atoms with E-state index in [0.29, 0.717) is 37.2 Å². The molecule has 0 N–H and O–H groups in total. The normalized spacial score (nSPS) is 10.9. The van der Waals surface area contributed by atoms with Gasteiger partial charge in [-0.25, -0.2) is 0 Å². The number of aryl methyl sites for hydroxylation is 1. The van der Waals surface area contributed by atoms with Gasteiger partial charge < -0.3 is 14.1 Å². The van der Waals surface area contributed by atoms with E-state index in [-0.39, 0.29) is 24.7 Å². The highest BCUT2D eigenvalue weighted by molar-refractivity contribution is 7.08. The van der Waals surface area contributed by atoms with Gasteiger partial charge >= 0.3 is 5.97 Å². The van der Waals surface area contributed by atoms with E-state index in [1.807, 2.05) is 30.7 Å². The van der Waals surface area contributed by atoms with Crippen LogP contribution in [0.5, 0.6) is 0 Å². The van der Waals surface area contributed by atoms with Crippen molar-refractivity contribution in [2.24, 2.45) is 5.92 Å². The molecule has 2 aromatic heterocycles. The van der Waals surface area contributed by atoms with Gasteiger partial charge in [0.05, 0.1) is 13.5 Å². The molecule has 0 unspecified atom stereocenters. The Bertz CT molecular complexity index is 682. The first-order valence-electron chi connectivity index (χ1n) is 8.19. The molecule has 0 saturated carbocycles. The van der Waals surface area contributed by atoms with Gasteiger partial charge in [0.15, 0.2) is 0 Å². The minimum absolute atomic E-state index is 0.0344. The number of carbonyl (C=O) groups excluding carboxylic acids is 2. The van der Waals surface area contributed by atoms with Crippen molar-refractivity contribution in [2.75, 3.05) is 20.2 Å². The van der Waals surface area contributed by atoms with Gasteiger partial charge in [-0.3, -0.25) is 9.59 Å². The highest BCUT2D eigenvalue weighted by atomic mass is 32.1. The van der Waals surface area contributed by atoms with Crippen molar-refractivity contribution >= 4 is 23.2 Å². The van der Waals surface area contributed by atoms with Gasteiger partial charge in [-0.15, -0.1) is 10.2 Å². The van der Waals surface area contributed by atoms with E-state index in [9.17, 15) is 9.59 Å². The lowest BCUT2D eigenvalue weighted by atomic mass is 10.1. The maximum atomic E-state index is 12.5. The molecule has 0 fully saturated rings. The fourth-order valence-electron chi connectivity index (χ4n) is 2.32. The van der Waals surface area contributed by atoms with Gasteiger partial charge in [-0.05, 0) is 17.4 Å². The quantitative estimate of drug-likeness (QED) is 0.635. The number of aromatic nitrogens is 2. The van der Waals surface area contributed by atoms with E-state index in [2.05, 4.69) is 14.9 Å². The van der Waals surface area contributed by atoms with Crippen LogP contribution in [-0.2, 0) is 20.7 Å². The number of carbonyl (C=O) groups is 2. The maximum Gasteiger partial charge on any atom is 0.307 e. The fraction of sp³-hybridized carbons (Fsp3) is 0.529. The highest BCUT2D eigenvalue weighted by Crippen LogP contribution is 2.20. The minimum Gasteiger partial charge on any atom is -0.469 e. The van der Waals surface area contributed by atoms with Crippen LogP contribution >= 0.6 is 11.3 Å². The Morgan fingerprint density at radius 1 is 1.32 bits per heavy atom. The maximum absolute atomic E-state index is 12.5. The van der Waals surface area contributed by atoms with Gasteiger partial charge in [0.2, 0.25) is 17.7 Å². The van der Waals surface area contributed by atoms with Gasteiger partial charge in [-0.2, -0.15) is 11.3 Å². The van der Waals surface area contributed by atoms with E-state index in [1.165, 1.54) is 7.11 Å². The lowest BCUT2D eigenvalue weighted by Gasteiger charge is -2.24. The van der Waals surface area contributed by atoms with Gasteiger partial charge in [0, 0.05) is 36.9 Å². The third-order valence-electron chi connectivity index (χ3n) is 3.54. The van der Waals surface area contributed by atoms with Crippen molar-refractivity contribution in [1.29, 1.82) is 0 Å². The molecule has 0 aliphatic carbocycles. The lowest BCUT2D eigenvalue weighted by molar-refractivity contribution is -0.141. The van der Waals surface area contributed by atoms with E-state index >= 15 is 0 Å². The first kappa shape index (κ1) is 19.1. The molecule has 2 heterocycles. The van der Waals surface area contributed by atoms with Crippen molar-refractivity contribution in [3.05, 3.63) is 22.7 Å². The summed E-state index contributed by atoms with van der Waals surface area (Å²) in [7, 11) is 1.34. The fourth-order valence-corrected chi connectivity index (χ4v) is 2.95. The third-order valence-corrected chi connectivity index (χ3v) is 4.22. The van der Waals surface area contributed by atoms with Gasteiger partial charge in [0.25, 0.3) is 0 Å². The standard InChI is InChI=1S/C17H23N3O4S/c1-12(2)10-20(8-6-16(22)23-3)15(21)5-4-14-18-19-17(24-14)13-7-9-25-11-13/h7,9,11-12H,4-6,8,10H2,1-3H3. The summed E-state index contributed by atoms with van der Waals surface area (Å²) < 4.78 is 10.2. The summed E-state index contributed by atoms with van der Waals surface area (Å²) >= 11 is 1.55. The van der Waals surface area contributed by atoms with Crippen LogP contribution < -0.4 is 0 Å². The Labute approximate surface area is 151 Å². The zero-order valence-electron chi connectivity index (χ0n) is 14.7. The van der Waals surface area contributed by atoms with Crippen LogP contribution in [0.2, 0.25) is 0 Å². The molecule has 25 heavy (non-hydrogen) atoms. The van der Waals surface area contributed by atoms with Crippen LogP contribution in [0.25, 0.3) is 11.5 Å².